The maximum Gasteiger partial charge on any atom is 0.385 e. The predicted octanol–water partition coefficient (Wildman–Crippen LogP) is 12.6. The fourth-order valence-electron chi connectivity index (χ4n) is 9.11. The van der Waals surface area contributed by atoms with Crippen LogP contribution in [0.1, 0.15) is 44.5 Å². The summed E-state index contributed by atoms with van der Waals surface area (Å²) in [7, 11) is -20.7. The molecule has 4 aromatic carbocycles. The quantitative estimate of drug-likeness (QED) is 0.0959. The van der Waals surface area contributed by atoms with Gasteiger partial charge in [-0.1, -0.05) is 119 Å². The van der Waals surface area contributed by atoms with Gasteiger partial charge in [0.2, 0.25) is 0 Å². The van der Waals surface area contributed by atoms with Crippen LogP contribution in [0.15, 0.2) is 97.1 Å². The van der Waals surface area contributed by atoms with Crippen LogP contribution >= 0.6 is 0 Å². The van der Waals surface area contributed by atoms with Crippen molar-refractivity contribution >= 4 is 74.4 Å². The van der Waals surface area contributed by atoms with E-state index in [1.165, 1.54) is 44.5 Å². The highest BCUT2D eigenvalue weighted by Crippen LogP contribution is 2.39. The first kappa shape index (κ1) is 53.9. The van der Waals surface area contributed by atoms with Crippen molar-refractivity contribution in [1.29, 1.82) is 0 Å². The molecule has 2 aliphatic heterocycles. The van der Waals surface area contributed by atoms with Gasteiger partial charge in [-0.15, -0.1) is 0 Å². The van der Waals surface area contributed by atoms with Gasteiger partial charge in [0.25, 0.3) is 0 Å². The van der Waals surface area contributed by atoms with Crippen LogP contribution in [0.3, 0.4) is 0 Å². The molecule has 6 rings (SSSR count). The average molecular weight is 1020 g/mol. The second-order valence-electron chi connectivity index (χ2n) is 20.6. The predicted molar refractivity (Wildman–Crippen MR) is 285 cm³/mol. The smallest absolute Gasteiger partial charge is 0.385 e. The number of rotatable bonds is 13. The van der Waals surface area contributed by atoms with E-state index in [0.29, 0.717) is 0 Å². The Morgan fingerprint density at radius 2 is 0.523 bits per heavy atom. The molecule has 17 heteroatoms. The molecule has 2 fully saturated rings. The zero-order valence-corrected chi connectivity index (χ0v) is 50.1. The molecule has 0 spiro atoms. The highest BCUT2D eigenvalue weighted by Gasteiger charge is 2.57. The van der Waals surface area contributed by atoms with Crippen molar-refractivity contribution in [2.75, 3.05) is 0 Å². The summed E-state index contributed by atoms with van der Waals surface area (Å²) in [6.45, 7) is 31.2. The van der Waals surface area contributed by atoms with E-state index < -0.39 is 68.5 Å². The highest BCUT2D eigenvalue weighted by atomic mass is 28.5. The van der Waals surface area contributed by atoms with Crippen molar-refractivity contribution in [3.8, 4) is 0 Å². The van der Waals surface area contributed by atoms with Gasteiger partial charge >= 0.3 is 68.5 Å². The third-order valence-electron chi connectivity index (χ3n) is 11.8. The summed E-state index contributed by atoms with van der Waals surface area (Å²) in [6.07, 6.45) is 3.71. The Morgan fingerprint density at radius 1 is 0.323 bits per heavy atom. The molecule has 9 nitrogen and oxygen atoms in total. The van der Waals surface area contributed by atoms with E-state index in [1.807, 2.05) is 39.3 Å². The fraction of sp³-hybridized carbons (Fsp3) is 0.479. The van der Waals surface area contributed by atoms with Crippen molar-refractivity contribution in [2.24, 2.45) is 0 Å². The van der Waals surface area contributed by atoms with Crippen molar-refractivity contribution in [1.82, 2.24) is 0 Å². The Balaban J connectivity index is 0.000000392. The van der Waals surface area contributed by atoms with Crippen LogP contribution in [-0.4, -0.2) is 74.4 Å². The van der Waals surface area contributed by atoms with Crippen molar-refractivity contribution < 1.29 is 37.7 Å². The Hall–Kier alpha value is -2.03. The third-order valence-corrected chi connectivity index (χ3v) is 45.7. The standard InChI is InChI=1S/C40H56O4Si4.C8H22O5Si4/c1-33-9-17-37(18-10-33)25-29-45(5)41-46(6,30-26-38-19-11-34(2)12-20-38)43-48(8,32-28-40-23-15-36(4)16-24-40)44-47(7,42-45)31-27-39-21-13-35(3)14-22-39;1-14(2)10-15(3,4)12-17(7,8-9)13-16(5,6)11-14/h9-24H,25-32H2,1-8H3;8H,1-7H3. The topological polar surface area (TPSA) is 90.9 Å². The molecule has 0 radical (unpaired) electrons. The zero-order valence-electron chi connectivity index (χ0n) is 42.1. The second kappa shape index (κ2) is 21.7. The molecule has 356 valence electrons. The summed E-state index contributed by atoms with van der Waals surface area (Å²) >= 11 is 0. The van der Waals surface area contributed by atoms with Crippen LogP contribution < -0.4 is 0 Å². The lowest BCUT2D eigenvalue weighted by Crippen LogP contribution is -2.67. The maximum atomic E-state index is 11.2. The van der Waals surface area contributed by atoms with Crippen LogP contribution in [0.25, 0.3) is 0 Å². The van der Waals surface area contributed by atoms with Crippen LogP contribution in [0.5, 0.6) is 0 Å². The van der Waals surface area contributed by atoms with Crippen LogP contribution in [0, 0.1) is 27.7 Å². The molecule has 0 atom stereocenters. The summed E-state index contributed by atoms with van der Waals surface area (Å²) < 4.78 is 54.0. The Bertz CT molecular complexity index is 1880. The number of carbonyl (C=O) groups excluding carboxylic acids is 1. The number of benzene rings is 4. The molecule has 0 bridgehead atoms. The van der Waals surface area contributed by atoms with E-state index in [2.05, 4.69) is 151 Å². The van der Waals surface area contributed by atoms with Crippen molar-refractivity contribution in [3.05, 3.63) is 142 Å². The Labute approximate surface area is 400 Å². The molecule has 0 aliphatic carbocycles. The monoisotopic (exact) mass is 1020 g/mol. The van der Waals surface area contributed by atoms with Gasteiger partial charge in [0, 0.05) is 0 Å². The lowest BCUT2D eigenvalue weighted by atomic mass is 10.1. The van der Waals surface area contributed by atoms with E-state index in [0.717, 1.165) is 55.8 Å². The average Bonchev–Trinajstić information content (AvgIpc) is 3.18. The zero-order chi connectivity index (χ0) is 48.0. The lowest BCUT2D eigenvalue weighted by molar-refractivity contribution is 0.222. The second-order valence-corrected chi connectivity index (χ2v) is 48.9. The minimum atomic E-state index is -2.81. The number of hydrogen-bond donors (Lipinski definition) is 0. The van der Waals surface area contributed by atoms with Gasteiger partial charge < -0.3 is 37.7 Å². The van der Waals surface area contributed by atoms with E-state index in [4.69, 9.17) is 32.9 Å². The van der Waals surface area contributed by atoms with Crippen molar-refractivity contribution in [2.45, 2.75) is 150 Å². The Kier molecular flexibility index (Phi) is 18.0. The molecular weight excluding hydrogens is 945 g/mol. The minimum absolute atomic E-state index is 0.823. The first-order valence-corrected chi connectivity index (χ1v) is 44.3. The molecule has 2 heterocycles. The van der Waals surface area contributed by atoms with Gasteiger partial charge in [0.15, 0.2) is 5.91 Å². The molecule has 0 amide bonds. The molecule has 65 heavy (non-hydrogen) atoms. The first-order chi connectivity index (χ1) is 30.1. The van der Waals surface area contributed by atoms with Gasteiger partial charge in [-0.25, -0.2) is 0 Å². The molecule has 2 saturated heterocycles. The van der Waals surface area contributed by atoms with Gasteiger partial charge in [0.1, 0.15) is 0 Å². The first-order valence-electron chi connectivity index (χ1n) is 23.4. The minimum Gasteiger partial charge on any atom is -0.416 e. The lowest BCUT2D eigenvalue weighted by Gasteiger charge is -2.50. The molecule has 0 unspecified atom stereocenters. The molecule has 0 aromatic heterocycles. The number of hydrogen-bond acceptors (Lipinski definition) is 9. The third kappa shape index (κ3) is 17.5. The van der Waals surface area contributed by atoms with Crippen molar-refractivity contribution in [3.63, 3.8) is 0 Å². The highest BCUT2D eigenvalue weighted by molar-refractivity contribution is 7.02. The Morgan fingerprint density at radius 3 is 0.723 bits per heavy atom. The maximum absolute atomic E-state index is 11.2. The van der Waals surface area contributed by atoms with E-state index >= 15 is 0 Å². The SMILES string of the molecule is C[Si]1(C)O[Si](C)(C)O[Si](C)(C=O)O[Si](C)(C)O1.Cc1ccc(CC[Si]2(C)O[Si](C)(CCc3ccc(C)cc3)O[Si](C)(CCc3ccc(C)cc3)O[Si](C)(CCc3ccc(C)cc3)O2)cc1. The van der Waals surface area contributed by atoms with Gasteiger partial charge in [-0.05, 0) is 172 Å². The summed E-state index contributed by atoms with van der Waals surface area (Å²) in [6, 6.07) is 39.2. The number of carbonyl (C=O) groups is 1. The van der Waals surface area contributed by atoms with E-state index in [9.17, 15) is 4.79 Å². The van der Waals surface area contributed by atoms with Gasteiger partial charge in [-0.3, -0.25) is 0 Å². The van der Waals surface area contributed by atoms with E-state index in [-0.39, 0.29) is 0 Å². The summed E-state index contributed by atoms with van der Waals surface area (Å²) in [4.78, 5) is 11.2. The molecule has 2 aliphatic rings. The molecule has 4 aromatic rings. The molecule has 0 saturated carbocycles. The van der Waals surface area contributed by atoms with Gasteiger partial charge in [-0.2, -0.15) is 0 Å². The van der Waals surface area contributed by atoms with Crippen LogP contribution in [0.4, 0.5) is 0 Å². The van der Waals surface area contributed by atoms with Crippen LogP contribution in [0.2, 0.25) is 96.2 Å². The number of aryl methyl sites for hydroxylation is 8. The normalized spacial score (nSPS) is 27.2. The largest absolute Gasteiger partial charge is 0.416 e. The van der Waals surface area contributed by atoms with E-state index in [1.54, 1.807) is 6.55 Å². The molecular formula is C48H78O9Si8. The summed E-state index contributed by atoms with van der Waals surface area (Å²) in [5.41, 5.74) is 10.4. The summed E-state index contributed by atoms with van der Waals surface area (Å²) in [5.74, 6) is 0.823. The van der Waals surface area contributed by atoms with Crippen LogP contribution in [-0.2, 0) is 63.4 Å². The molecule has 0 N–H and O–H groups in total. The summed E-state index contributed by atoms with van der Waals surface area (Å²) in [5, 5.41) is 0. The van der Waals surface area contributed by atoms with Gasteiger partial charge in [0.05, 0.1) is 0 Å². The fourth-order valence-corrected chi connectivity index (χ4v) is 52.0.